The molecule has 2 aromatic carbocycles. The Morgan fingerprint density at radius 2 is 1.15 bits per heavy atom. The summed E-state index contributed by atoms with van der Waals surface area (Å²) in [6.07, 6.45) is 7.05. The Morgan fingerprint density at radius 3 is 1.52 bits per heavy atom. The fraction of sp³-hybridized carbons (Fsp3) is 0.176. The van der Waals surface area contributed by atoms with E-state index in [2.05, 4.69) is 19.9 Å². The second kappa shape index (κ2) is 13.3. The number of Topliss-reactive ketones (excluding diaryl/α,β-unsaturated/α-hetero) is 2. The molecule has 0 saturated carbocycles. The highest BCUT2D eigenvalue weighted by Gasteiger charge is 2.30. The van der Waals surface area contributed by atoms with Crippen LogP contribution in [0, 0.1) is 11.6 Å². The van der Waals surface area contributed by atoms with E-state index in [1.54, 1.807) is 35.6 Å². The highest BCUT2D eigenvalue weighted by Crippen LogP contribution is 2.32. The van der Waals surface area contributed by atoms with Gasteiger partial charge in [0.25, 0.3) is 0 Å². The maximum atomic E-state index is 14.2. The Hall–Kier alpha value is -6.18. The average Bonchev–Trinajstić information content (AvgIpc) is 3.87. The monoisotopic (exact) mass is 654 g/mol. The third-order valence-electron chi connectivity index (χ3n) is 7.78. The molecule has 2 N–H and O–H groups in total. The second-order valence-corrected chi connectivity index (χ2v) is 11.1. The summed E-state index contributed by atoms with van der Waals surface area (Å²) in [7, 11) is 3.40. The second-order valence-electron chi connectivity index (χ2n) is 11.1. The van der Waals surface area contributed by atoms with Gasteiger partial charge in [0.2, 0.25) is 0 Å². The molecule has 2 unspecified atom stereocenters. The number of hydrogen-bond donors (Lipinski definition) is 2. The molecule has 0 spiro atoms. The molecule has 0 aliphatic carbocycles. The Balaban J connectivity index is 1.25. The van der Waals surface area contributed by atoms with Crippen LogP contribution in [-0.2, 0) is 55.6 Å². The van der Waals surface area contributed by atoms with E-state index in [-0.39, 0.29) is 24.0 Å². The Bertz CT molecular complexity index is 2030. The number of nitrogens with zero attached hydrogens (tertiary/aromatic N) is 4. The molecule has 0 amide bonds. The molecular formula is C34H28F2N6O6. The molecule has 4 heterocycles. The fourth-order valence-electron chi connectivity index (χ4n) is 5.58. The van der Waals surface area contributed by atoms with Crippen LogP contribution in [0.5, 0.6) is 0 Å². The van der Waals surface area contributed by atoms with Gasteiger partial charge in [-0.05, 0) is 36.4 Å². The topological polar surface area (TPSA) is 154 Å². The van der Waals surface area contributed by atoms with Crippen molar-refractivity contribution in [2.75, 3.05) is 0 Å². The van der Waals surface area contributed by atoms with Gasteiger partial charge in [-0.3, -0.25) is 9.59 Å². The minimum Gasteiger partial charge on any atom is -0.446 e. The number of aromatic nitrogens is 6. The average molecular weight is 655 g/mol. The zero-order valence-electron chi connectivity index (χ0n) is 25.6. The molecule has 0 aliphatic rings. The lowest BCUT2D eigenvalue weighted by atomic mass is 10.0. The van der Waals surface area contributed by atoms with Gasteiger partial charge in [-0.25, -0.2) is 28.3 Å². The van der Waals surface area contributed by atoms with Crippen LogP contribution in [0.25, 0.3) is 21.8 Å². The lowest BCUT2D eigenvalue weighted by Crippen LogP contribution is -2.22. The number of rotatable bonds is 12. The number of nitrogens with one attached hydrogen (secondary N) is 2. The van der Waals surface area contributed by atoms with Crippen LogP contribution in [0.2, 0.25) is 0 Å². The molecule has 6 rings (SSSR count). The molecule has 6 aromatic rings. The summed E-state index contributed by atoms with van der Waals surface area (Å²) >= 11 is 0. The van der Waals surface area contributed by atoms with Gasteiger partial charge < -0.3 is 28.6 Å². The maximum absolute atomic E-state index is 14.2. The van der Waals surface area contributed by atoms with Crippen LogP contribution in [0.4, 0.5) is 8.78 Å². The van der Waals surface area contributed by atoms with Crippen molar-refractivity contribution in [2.24, 2.45) is 14.1 Å². The van der Waals surface area contributed by atoms with Gasteiger partial charge in [0.1, 0.15) is 11.6 Å². The molecule has 48 heavy (non-hydrogen) atoms. The number of carbonyl (C=O) groups is 4. The number of fused-ring (bicyclic) bond motifs is 2. The number of hydrogen-bond acceptors (Lipinski definition) is 8. The van der Waals surface area contributed by atoms with E-state index in [1.165, 1.54) is 61.4 Å². The minimum absolute atomic E-state index is 0.179. The van der Waals surface area contributed by atoms with Crippen molar-refractivity contribution in [3.63, 3.8) is 0 Å². The number of aromatic amines is 2. The van der Waals surface area contributed by atoms with E-state index in [1.807, 2.05) is 0 Å². The fourth-order valence-corrected chi connectivity index (χ4v) is 5.58. The van der Waals surface area contributed by atoms with E-state index >= 15 is 0 Å². The molecule has 0 bridgehead atoms. The first-order chi connectivity index (χ1) is 23.1. The van der Waals surface area contributed by atoms with Gasteiger partial charge in [-0.1, -0.05) is 0 Å². The third kappa shape index (κ3) is 6.67. The summed E-state index contributed by atoms with van der Waals surface area (Å²) in [5.74, 6) is -4.31. The van der Waals surface area contributed by atoms with Crippen LogP contribution in [0.3, 0.4) is 0 Å². The molecule has 0 radical (unpaired) electrons. The van der Waals surface area contributed by atoms with Crippen LogP contribution < -0.4 is 0 Å². The van der Waals surface area contributed by atoms with E-state index in [0.29, 0.717) is 33.2 Å². The first kappa shape index (κ1) is 31.8. The predicted octanol–water partition coefficient (Wildman–Crippen LogP) is 4.44. The van der Waals surface area contributed by atoms with Crippen LogP contribution in [0.1, 0.15) is 34.7 Å². The van der Waals surface area contributed by atoms with E-state index < -0.39 is 47.3 Å². The summed E-state index contributed by atoms with van der Waals surface area (Å²) in [5, 5.41) is 0.726. The normalized spacial score (nSPS) is 12.8. The van der Waals surface area contributed by atoms with Gasteiger partial charge >= 0.3 is 11.9 Å². The third-order valence-corrected chi connectivity index (χ3v) is 7.78. The summed E-state index contributed by atoms with van der Waals surface area (Å²) in [6, 6.07) is 8.10. The van der Waals surface area contributed by atoms with E-state index in [0.717, 1.165) is 12.2 Å². The number of halogens is 2. The Kier molecular flexibility index (Phi) is 8.79. The van der Waals surface area contributed by atoms with Gasteiger partial charge in [0.05, 0.1) is 25.5 Å². The number of benzene rings is 2. The maximum Gasteiger partial charge on any atom is 0.332 e. The zero-order chi connectivity index (χ0) is 33.9. The molecular weight excluding hydrogens is 626 g/mol. The largest absolute Gasteiger partial charge is 0.446 e. The Morgan fingerprint density at radius 1 is 0.729 bits per heavy atom. The molecule has 0 saturated heterocycles. The highest BCUT2D eigenvalue weighted by atomic mass is 19.1. The molecule has 0 aliphatic heterocycles. The van der Waals surface area contributed by atoms with Crippen molar-refractivity contribution in [1.82, 2.24) is 29.1 Å². The predicted molar refractivity (Wildman–Crippen MR) is 167 cm³/mol. The van der Waals surface area contributed by atoms with Crippen molar-refractivity contribution < 1.29 is 37.4 Å². The summed E-state index contributed by atoms with van der Waals surface area (Å²) < 4.78 is 42.9. The lowest BCUT2D eigenvalue weighted by molar-refractivity contribution is -0.152. The molecule has 14 heteroatoms. The zero-order valence-corrected chi connectivity index (χ0v) is 25.6. The number of H-pyrrole nitrogens is 2. The lowest BCUT2D eigenvalue weighted by Gasteiger charge is -2.16. The molecule has 12 nitrogen and oxygen atoms in total. The first-order valence-electron chi connectivity index (χ1n) is 14.7. The van der Waals surface area contributed by atoms with Gasteiger partial charge in [0.15, 0.2) is 23.8 Å². The van der Waals surface area contributed by atoms with Gasteiger partial charge in [-0.15, -0.1) is 0 Å². The van der Waals surface area contributed by atoms with E-state index in [4.69, 9.17) is 9.47 Å². The summed E-state index contributed by atoms with van der Waals surface area (Å²) in [5.41, 5.74) is 2.61. The smallest absolute Gasteiger partial charge is 0.332 e. The van der Waals surface area contributed by atoms with Crippen molar-refractivity contribution in [3.8, 4) is 0 Å². The molecule has 2 atom stereocenters. The minimum atomic E-state index is -1.47. The van der Waals surface area contributed by atoms with Crippen LogP contribution in [-0.4, -0.2) is 52.6 Å². The summed E-state index contributed by atoms with van der Waals surface area (Å²) in [4.78, 5) is 66.5. The quantitative estimate of drug-likeness (QED) is 0.145. The van der Waals surface area contributed by atoms with Crippen molar-refractivity contribution in [1.29, 1.82) is 0 Å². The number of esters is 2. The van der Waals surface area contributed by atoms with E-state index in [9.17, 15) is 28.0 Å². The van der Waals surface area contributed by atoms with Crippen molar-refractivity contribution in [3.05, 3.63) is 120 Å². The molecule has 244 valence electrons. The van der Waals surface area contributed by atoms with Gasteiger partial charge in [0, 0.05) is 95.4 Å². The van der Waals surface area contributed by atoms with Crippen LogP contribution >= 0.6 is 0 Å². The van der Waals surface area contributed by atoms with Crippen LogP contribution in [0.15, 0.2) is 86.0 Å². The first-order valence-corrected chi connectivity index (χ1v) is 14.7. The number of aryl methyl sites for hydroxylation is 2. The number of carbonyl (C=O) groups excluding carboxylic acids is 4. The SMILES string of the molecule is Cn1cc(C(OC(=O)/C=C\C(=O)OC(C(=O)Cc2cnc[nH]2)c2cn(C)c3ccc(F)cc23)C(=O)Cc2cnc[nH]2)c2cc(F)ccc21. The van der Waals surface area contributed by atoms with Crippen molar-refractivity contribution >= 4 is 45.3 Å². The highest BCUT2D eigenvalue weighted by molar-refractivity contribution is 5.99. The van der Waals surface area contributed by atoms with Crippen molar-refractivity contribution in [2.45, 2.75) is 25.0 Å². The standard InChI is InChI=1S/C34H28F2N6O6/c1-41-15-25(23-9-19(35)3-5-27(23)41)33(29(43)11-21-13-37-17-39-21)47-31(45)7-8-32(46)48-34(30(44)12-22-14-38-18-40-22)26-16-42(2)28-6-4-20(36)10-24(26)28/h3-10,13-18,33-34H,11-12H2,1-2H3,(H,37,39)(H,38,40)/b8-7-. The molecule has 0 fully saturated rings. The van der Waals surface area contributed by atoms with Gasteiger partial charge in [-0.2, -0.15) is 0 Å². The number of imidazole rings is 2. The Labute approximate surface area is 271 Å². The number of ketones is 2. The molecule has 4 aromatic heterocycles. The summed E-state index contributed by atoms with van der Waals surface area (Å²) in [6.45, 7) is 0. The number of ether oxygens (including phenoxy) is 2.